The number of amides is 1. The highest BCUT2D eigenvalue weighted by Crippen LogP contribution is 2.29. The van der Waals surface area contributed by atoms with E-state index >= 15 is 0 Å². The molecule has 0 spiro atoms. The first kappa shape index (κ1) is 24.2. The Morgan fingerprint density at radius 3 is 2.53 bits per heavy atom. The van der Waals surface area contributed by atoms with E-state index in [0.717, 1.165) is 24.1 Å². The Hall–Kier alpha value is -2.42. The molecule has 0 radical (unpaired) electrons. The van der Waals surface area contributed by atoms with E-state index in [2.05, 4.69) is 0 Å². The zero-order chi connectivity index (χ0) is 23.5. The smallest absolute Gasteiger partial charge is 0.338 e. The number of hydrogen-bond donors (Lipinski definition) is 0. The van der Waals surface area contributed by atoms with Crippen molar-refractivity contribution in [3.63, 3.8) is 0 Å². The molecule has 0 N–H and O–H groups in total. The van der Waals surface area contributed by atoms with Gasteiger partial charge in [-0.15, -0.1) is 0 Å². The van der Waals surface area contributed by atoms with Crippen LogP contribution in [0.5, 0.6) is 0 Å². The third-order valence-corrected chi connectivity index (χ3v) is 8.03. The second-order valence-electron chi connectivity index (χ2n) is 7.50. The Kier molecular flexibility index (Phi) is 7.59. The molecule has 1 atom stereocenters. The largest absolute Gasteiger partial charge is 0.449 e. The number of nitrogens with zero attached hydrogens (tertiary/aromatic N) is 2. The molecule has 2 aromatic carbocycles. The van der Waals surface area contributed by atoms with Crippen LogP contribution in [0.3, 0.4) is 0 Å². The van der Waals surface area contributed by atoms with Gasteiger partial charge in [-0.05, 0) is 49.6 Å². The van der Waals surface area contributed by atoms with Gasteiger partial charge in [0, 0.05) is 25.3 Å². The maximum Gasteiger partial charge on any atom is 0.338 e. The van der Waals surface area contributed by atoms with Gasteiger partial charge in [0.05, 0.1) is 10.6 Å². The number of benzene rings is 2. The molecule has 2 aromatic rings. The van der Waals surface area contributed by atoms with Crippen LogP contribution in [0.15, 0.2) is 47.4 Å². The summed E-state index contributed by atoms with van der Waals surface area (Å²) < 4.78 is 32.4. The molecule has 0 saturated carbocycles. The summed E-state index contributed by atoms with van der Waals surface area (Å²) in [5, 5.41) is 0.0162. The molecule has 0 saturated heterocycles. The minimum absolute atomic E-state index is 0.0128. The molecule has 1 amide bonds. The van der Waals surface area contributed by atoms with Gasteiger partial charge >= 0.3 is 5.97 Å². The predicted octanol–water partition coefficient (Wildman–Crippen LogP) is 3.90. The second kappa shape index (κ2) is 10.0. The maximum absolute atomic E-state index is 13.0. The average Bonchev–Trinajstić information content (AvgIpc) is 2.78. The minimum atomic E-state index is -3.86. The van der Waals surface area contributed by atoms with Crippen LogP contribution in [-0.4, -0.2) is 50.3 Å². The van der Waals surface area contributed by atoms with Crippen LogP contribution in [0.2, 0.25) is 5.02 Å². The Balaban J connectivity index is 1.80. The second-order valence-corrected chi connectivity index (χ2v) is 9.82. The minimum Gasteiger partial charge on any atom is -0.449 e. The Morgan fingerprint density at radius 1 is 1.16 bits per heavy atom. The zero-order valence-electron chi connectivity index (χ0n) is 18.4. The Labute approximate surface area is 194 Å². The lowest BCUT2D eigenvalue weighted by molar-refractivity contribution is -0.126. The molecule has 0 aliphatic carbocycles. The molecule has 0 bridgehead atoms. The fourth-order valence-electron chi connectivity index (χ4n) is 3.79. The monoisotopic (exact) mass is 478 g/mol. The van der Waals surface area contributed by atoms with Crippen molar-refractivity contribution in [2.45, 2.75) is 44.6 Å². The van der Waals surface area contributed by atoms with Crippen LogP contribution in [0.1, 0.15) is 43.1 Å². The summed E-state index contributed by atoms with van der Waals surface area (Å²) in [5.41, 5.74) is 1.92. The number of anilines is 1. The number of carbonyl (C=O) groups is 2. The number of esters is 1. The van der Waals surface area contributed by atoms with Crippen LogP contribution >= 0.6 is 11.6 Å². The Bertz CT molecular complexity index is 1120. The molecule has 1 aliphatic rings. The van der Waals surface area contributed by atoms with E-state index in [1.54, 1.807) is 18.7 Å². The molecule has 3 rings (SSSR count). The summed E-state index contributed by atoms with van der Waals surface area (Å²) in [5.74, 6) is -1.11. The fraction of sp³-hybridized carbons (Fsp3) is 0.391. The topological polar surface area (TPSA) is 84.0 Å². The highest BCUT2D eigenvalue weighted by Gasteiger charge is 2.30. The van der Waals surface area contributed by atoms with Gasteiger partial charge in [0.1, 0.15) is 4.90 Å². The predicted molar refractivity (Wildman–Crippen MR) is 124 cm³/mol. The quantitative estimate of drug-likeness (QED) is 0.563. The molecule has 7 nitrogen and oxygen atoms in total. The number of para-hydroxylation sites is 1. The van der Waals surface area contributed by atoms with Gasteiger partial charge in [0.2, 0.25) is 10.0 Å². The van der Waals surface area contributed by atoms with Crippen LogP contribution in [-0.2, 0) is 26.0 Å². The number of halogens is 1. The summed E-state index contributed by atoms with van der Waals surface area (Å²) in [4.78, 5) is 27.2. The molecular weight excluding hydrogens is 452 g/mol. The first-order chi connectivity index (χ1) is 15.2. The number of carbonyl (C=O) groups excluding carboxylic acids is 2. The molecular formula is C23H27ClN2O5S. The third-order valence-electron chi connectivity index (χ3n) is 5.50. The lowest BCUT2D eigenvalue weighted by Crippen LogP contribution is -2.42. The standard InChI is InChI=1S/C23H27ClN2O5S/c1-4-25(5-2)32(29,30)21-15-18(12-13-19(21)24)23(28)31-16(3)22(27)26-14-8-10-17-9-6-7-11-20(17)26/h6-7,9,11-13,15-16H,4-5,8,10,14H2,1-3H3/t16-/m0/s1. The molecule has 1 aliphatic heterocycles. The fourth-order valence-corrected chi connectivity index (χ4v) is 5.75. The van der Waals surface area contributed by atoms with E-state index in [-0.39, 0.29) is 34.5 Å². The van der Waals surface area contributed by atoms with Crippen molar-refractivity contribution in [1.82, 2.24) is 4.31 Å². The summed E-state index contributed by atoms with van der Waals surface area (Å²) in [6, 6.07) is 11.6. The summed E-state index contributed by atoms with van der Waals surface area (Å²) in [6.07, 6.45) is 0.683. The van der Waals surface area contributed by atoms with Gasteiger partial charge in [-0.25, -0.2) is 13.2 Å². The Morgan fingerprint density at radius 2 is 1.84 bits per heavy atom. The van der Waals surface area contributed by atoms with Crippen LogP contribution in [0, 0.1) is 0 Å². The van der Waals surface area contributed by atoms with Crippen LogP contribution in [0.4, 0.5) is 5.69 Å². The van der Waals surface area contributed by atoms with E-state index in [0.29, 0.717) is 6.54 Å². The number of aryl methyl sites for hydroxylation is 1. The SMILES string of the molecule is CCN(CC)S(=O)(=O)c1cc(C(=O)O[C@@H](C)C(=O)N2CCCc3ccccc32)ccc1Cl. The number of hydrogen-bond acceptors (Lipinski definition) is 5. The van der Waals surface area contributed by atoms with Crippen molar-refractivity contribution in [1.29, 1.82) is 0 Å². The lowest BCUT2D eigenvalue weighted by atomic mass is 10.0. The van der Waals surface area contributed by atoms with Crippen molar-refractivity contribution in [2.24, 2.45) is 0 Å². The first-order valence-corrected chi connectivity index (χ1v) is 12.4. The average molecular weight is 479 g/mol. The molecule has 172 valence electrons. The molecule has 0 fully saturated rings. The van der Waals surface area contributed by atoms with E-state index in [1.165, 1.54) is 29.4 Å². The van der Waals surface area contributed by atoms with E-state index in [9.17, 15) is 18.0 Å². The zero-order valence-corrected chi connectivity index (χ0v) is 19.9. The molecule has 1 heterocycles. The van der Waals surface area contributed by atoms with Crippen LogP contribution < -0.4 is 4.90 Å². The van der Waals surface area contributed by atoms with Gasteiger partial charge < -0.3 is 9.64 Å². The van der Waals surface area contributed by atoms with Crippen molar-refractivity contribution in [3.8, 4) is 0 Å². The first-order valence-electron chi connectivity index (χ1n) is 10.6. The summed E-state index contributed by atoms with van der Waals surface area (Å²) >= 11 is 6.13. The summed E-state index contributed by atoms with van der Waals surface area (Å²) in [7, 11) is -3.86. The van der Waals surface area contributed by atoms with E-state index in [1.807, 2.05) is 24.3 Å². The van der Waals surface area contributed by atoms with Gasteiger partial charge in [-0.2, -0.15) is 4.31 Å². The van der Waals surface area contributed by atoms with Gasteiger partial charge in [-0.1, -0.05) is 43.6 Å². The highest BCUT2D eigenvalue weighted by atomic mass is 35.5. The van der Waals surface area contributed by atoms with Gasteiger partial charge in [0.25, 0.3) is 5.91 Å². The highest BCUT2D eigenvalue weighted by molar-refractivity contribution is 7.89. The normalized spacial score (nSPS) is 14.7. The number of ether oxygens (including phenoxy) is 1. The third kappa shape index (κ3) is 4.82. The number of fused-ring (bicyclic) bond motifs is 1. The molecule has 0 unspecified atom stereocenters. The molecule has 0 aromatic heterocycles. The number of rotatable bonds is 7. The maximum atomic E-state index is 13.0. The van der Waals surface area contributed by atoms with Crippen molar-refractivity contribution >= 4 is 39.2 Å². The molecule has 32 heavy (non-hydrogen) atoms. The van der Waals surface area contributed by atoms with Crippen LogP contribution in [0.25, 0.3) is 0 Å². The molecule has 9 heteroatoms. The van der Waals surface area contributed by atoms with Gasteiger partial charge in [-0.3, -0.25) is 4.79 Å². The lowest BCUT2D eigenvalue weighted by Gasteiger charge is -2.31. The number of sulfonamides is 1. The van der Waals surface area contributed by atoms with E-state index in [4.69, 9.17) is 16.3 Å². The van der Waals surface area contributed by atoms with Crippen molar-refractivity contribution in [3.05, 3.63) is 58.6 Å². The van der Waals surface area contributed by atoms with E-state index < -0.39 is 22.1 Å². The van der Waals surface area contributed by atoms with Crippen molar-refractivity contribution < 1.29 is 22.7 Å². The van der Waals surface area contributed by atoms with Gasteiger partial charge in [0.15, 0.2) is 6.10 Å². The summed E-state index contributed by atoms with van der Waals surface area (Å²) in [6.45, 7) is 6.05. The van der Waals surface area contributed by atoms with Crippen molar-refractivity contribution in [2.75, 3.05) is 24.5 Å².